The van der Waals surface area contributed by atoms with E-state index in [2.05, 4.69) is 9.97 Å². The van der Waals surface area contributed by atoms with Crippen molar-refractivity contribution < 1.29 is 13.9 Å². The molecular weight excluding hydrogens is 337 g/mol. The summed E-state index contributed by atoms with van der Waals surface area (Å²) in [5.41, 5.74) is 1.18. The van der Waals surface area contributed by atoms with E-state index in [-0.39, 0.29) is 30.5 Å². The van der Waals surface area contributed by atoms with Crippen molar-refractivity contribution >= 4 is 0 Å². The van der Waals surface area contributed by atoms with E-state index >= 15 is 0 Å². The molecule has 0 aliphatic heterocycles. The van der Waals surface area contributed by atoms with E-state index < -0.39 is 0 Å². The molecule has 0 saturated heterocycles. The Morgan fingerprint density at radius 3 is 2.65 bits per heavy atom. The third-order valence-corrected chi connectivity index (χ3v) is 3.46. The van der Waals surface area contributed by atoms with Crippen LogP contribution in [0.2, 0.25) is 0 Å². The number of rotatable bonds is 6. The molecule has 3 rings (SSSR count). The minimum Gasteiger partial charge on any atom is -0.490 e. The largest absolute Gasteiger partial charge is 0.490 e. The standard InChI is InChI=1S/C19H14FN3O3/c20-15-5-3-13(4-6-15)17-10-16(11-18(24)23-17)25-8-9-26-19-14(12-21)2-1-7-22-19/h1-7,10-11H,8-9H2,(H,23,24). The lowest BCUT2D eigenvalue weighted by Gasteiger charge is -2.09. The predicted octanol–water partition coefficient (Wildman–Crippen LogP) is 2.91. The van der Waals surface area contributed by atoms with E-state index in [1.54, 1.807) is 30.3 Å². The van der Waals surface area contributed by atoms with Crippen LogP contribution in [-0.2, 0) is 0 Å². The van der Waals surface area contributed by atoms with Crippen LogP contribution in [-0.4, -0.2) is 23.2 Å². The van der Waals surface area contributed by atoms with Gasteiger partial charge in [-0.3, -0.25) is 4.79 Å². The number of aromatic nitrogens is 2. The van der Waals surface area contributed by atoms with Crippen LogP contribution in [0.1, 0.15) is 5.56 Å². The number of aromatic amines is 1. The maximum atomic E-state index is 13.0. The van der Waals surface area contributed by atoms with Gasteiger partial charge in [-0.1, -0.05) is 0 Å². The number of ether oxygens (including phenoxy) is 2. The Kier molecular flexibility index (Phi) is 5.25. The minimum absolute atomic E-state index is 0.157. The van der Waals surface area contributed by atoms with Crippen LogP contribution in [0.15, 0.2) is 59.5 Å². The van der Waals surface area contributed by atoms with Crippen LogP contribution in [0, 0.1) is 17.1 Å². The number of hydrogen-bond acceptors (Lipinski definition) is 5. The fourth-order valence-corrected chi connectivity index (χ4v) is 2.28. The van der Waals surface area contributed by atoms with Crippen LogP contribution < -0.4 is 15.0 Å². The monoisotopic (exact) mass is 351 g/mol. The third-order valence-electron chi connectivity index (χ3n) is 3.46. The molecule has 2 aromatic heterocycles. The van der Waals surface area contributed by atoms with Crippen LogP contribution in [0.3, 0.4) is 0 Å². The fourth-order valence-electron chi connectivity index (χ4n) is 2.28. The van der Waals surface area contributed by atoms with Crippen molar-refractivity contribution in [1.29, 1.82) is 5.26 Å². The van der Waals surface area contributed by atoms with E-state index in [4.69, 9.17) is 14.7 Å². The average molecular weight is 351 g/mol. The molecule has 0 bridgehead atoms. The highest BCUT2D eigenvalue weighted by Crippen LogP contribution is 2.20. The van der Waals surface area contributed by atoms with Gasteiger partial charge >= 0.3 is 0 Å². The molecule has 0 fully saturated rings. The van der Waals surface area contributed by atoms with E-state index in [1.807, 2.05) is 6.07 Å². The first kappa shape index (κ1) is 17.2. The van der Waals surface area contributed by atoms with E-state index in [1.165, 1.54) is 24.4 Å². The van der Waals surface area contributed by atoms with Crippen LogP contribution in [0.25, 0.3) is 11.3 Å². The summed E-state index contributed by atoms with van der Waals surface area (Å²) in [5.74, 6) is 0.238. The second-order valence-corrected chi connectivity index (χ2v) is 5.27. The van der Waals surface area contributed by atoms with Gasteiger partial charge in [-0.15, -0.1) is 0 Å². The second-order valence-electron chi connectivity index (χ2n) is 5.27. The molecule has 0 radical (unpaired) electrons. The van der Waals surface area contributed by atoms with Gasteiger partial charge in [0.25, 0.3) is 5.56 Å². The summed E-state index contributed by atoms with van der Waals surface area (Å²) in [7, 11) is 0. The van der Waals surface area contributed by atoms with Crippen molar-refractivity contribution in [2.45, 2.75) is 0 Å². The van der Waals surface area contributed by atoms with E-state index in [9.17, 15) is 9.18 Å². The summed E-state index contributed by atoms with van der Waals surface area (Å²) in [6.07, 6.45) is 1.53. The Labute approximate surface area is 148 Å². The maximum Gasteiger partial charge on any atom is 0.252 e. The van der Waals surface area contributed by atoms with Crippen LogP contribution >= 0.6 is 0 Å². The Morgan fingerprint density at radius 1 is 1.12 bits per heavy atom. The number of nitrogens with zero attached hydrogens (tertiary/aromatic N) is 2. The highest BCUT2D eigenvalue weighted by molar-refractivity contribution is 5.60. The molecule has 6 nitrogen and oxygen atoms in total. The molecule has 130 valence electrons. The summed E-state index contributed by atoms with van der Waals surface area (Å²) < 4.78 is 24.0. The Hall–Kier alpha value is -3.66. The normalized spacial score (nSPS) is 10.2. The van der Waals surface area contributed by atoms with Crippen molar-refractivity contribution in [3.63, 3.8) is 0 Å². The van der Waals surface area contributed by atoms with Crippen molar-refractivity contribution in [2.75, 3.05) is 13.2 Å². The van der Waals surface area contributed by atoms with E-state index in [0.717, 1.165) is 0 Å². The highest BCUT2D eigenvalue weighted by atomic mass is 19.1. The first-order chi connectivity index (χ1) is 12.7. The minimum atomic E-state index is -0.355. The van der Waals surface area contributed by atoms with Gasteiger partial charge < -0.3 is 14.5 Å². The molecule has 0 saturated carbocycles. The summed E-state index contributed by atoms with van der Waals surface area (Å²) in [6, 6.07) is 14.0. The molecule has 0 atom stereocenters. The van der Waals surface area contributed by atoms with Gasteiger partial charge in [-0.05, 0) is 42.0 Å². The summed E-state index contributed by atoms with van der Waals surface area (Å²) in [6.45, 7) is 0.318. The molecule has 0 aliphatic rings. The summed E-state index contributed by atoms with van der Waals surface area (Å²) >= 11 is 0. The molecule has 3 aromatic rings. The van der Waals surface area contributed by atoms with Gasteiger partial charge in [-0.2, -0.15) is 5.26 Å². The lowest BCUT2D eigenvalue weighted by Crippen LogP contribution is -2.12. The van der Waals surface area contributed by atoms with E-state index in [0.29, 0.717) is 22.6 Å². The number of hydrogen-bond donors (Lipinski definition) is 1. The second kappa shape index (κ2) is 7.94. The molecule has 1 N–H and O–H groups in total. The van der Waals surface area contributed by atoms with Crippen molar-refractivity contribution in [3.05, 3.63) is 76.5 Å². The van der Waals surface area contributed by atoms with Gasteiger partial charge in [0, 0.05) is 18.3 Å². The Balaban J connectivity index is 1.64. The fraction of sp³-hybridized carbons (Fsp3) is 0.105. The molecular formula is C19H14FN3O3. The van der Waals surface area contributed by atoms with Gasteiger partial charge in [0.1, 0.15) is 36.4 Å². The zero-order chi connectivity index (χ0) is 18.4. The molecule has 0 amide bonds. The number of nitrogens with one attached hydrogen (secondary N) is 1. The van der Waals surface area contributed by atoms with Crippen molar-refractivity contribution in [3.8, 4) is 29.0 Å². The number of pyridine rings is 2. The molecule has 0 unspecified atom stereocenters. The number of benzene rings is 1. The lowest BCUT2D eigenvalue weighted by molar-refractivity contribution is 0.211. The predicted molar refractivity (Wildman–Crippen MR) is 92.4 cm³/mol. The summed E-state index contributed by atoms with van der Waals surface area (Å²) in [5, 5.41) is 8.98. The molecule has 7 heteroatoms. The molecule has 0 aliphatic carbocycles. The molecule has 2 heterocycles. The first-order valence-corrected chi connectivity index (χ1v) is 7.77. The smallest absolute Gasteiger partial charge is 0.252 e. The molecule has 26 heavy (non-hydrogen) atoms. The van der Waals surface area contributed by atoms with Gasteiger partial charge in [0.2, 0.25) is 5.88 Å². The van der Waals surface area contributed by atoms with Crippen LogP contribution in [0.5, 0.6) is 11.6 Å². The van der Waals surface area contributed by atoms with Crippen molar-refractivity contribution in [2.24, 2.45) is 0 Å². The van der Waals surface area contributed by atoms with Gasteiger partial charge in [0.15, 0.2) is 0 Å². The van der Waals surface area contributed by atoms with Crippen molar-refractivity contribution in [1.82, 2.24) is 9.97 Å². The SMILES string of the molecule is N#Cc1cccnc1OCCOc1cc(-c2ccc(F)cc2)[nH]c(=O)c1. The van der Waals surface area contributed by atoms with Gasteiger partial charge in [0.05, 0.1) is 5.69 Å². The first-order valence-electron chi connectivity index (χ1n) is 7.77. The number of H-pyrrole nitrogens is 1. The van der Waals surface area contributed by atoms with Crippen LogP contribution in [0.4, 0.5) is 4.39 Å². The lowest BCUT2D eigenvalue weighted by atomic mass is 10.1. The molecule has 1 aromatic carbocycles. The topological polar surface area (TPSA) is 88.0 Å². The maximum absolute atomic E-state index is 13.0. The number of nitriles is 1. The number of halogens is 1. The Morgan fingerprint density at radius 2 is 1.88 bits per heavy atom. The zero-order valence-corrected chi connectivity index (χ0v) is 13.6. The summed E-state index contributed by atoms with van der Waals surface area (Å²) in [4.78, 5) is 18.5. The third kappa shape index (κ3) is 4.24. The average Bonchev–Trinajstić information content (AvgIpc) is 2.65. The quantitative estimate of drug-likeness (QED) is 0.690. The zero-order valence-electron chi connectivity index (χ0n) is 13.6. The highest BCUT2D eigenvalue weighted by Gasteiger charge is 2.06. The Bertz CT molecular complexity index is 994. The van der Waals surface area contributed by atoms with Gasteiger partial charge in [-0.25, -0.2) is 9.37 Å². The molecule has 0 spiro atoms.